The predicted molar refractivity (Wildman–Crippen MR) is 59.8 cm³/mol. The van der Waals surface area contributed by atoms with Crippen LogP contribution in [0, 0.1) is 0 Å². The number of sulfone groups is 1. The monoisotopic (exact) mass is 241 g/mol. The first-order chi connectivity index (χ1) is 7.50. The maximum atomic E-state index is 11.3. The van der Waals surface area contributed by atoms with Gasteiger partial charge in [-0.25, -0.2) is 18.4 Å². The molecule has 0 unspecified atom stereocenters. The van der Waals surface area contributed by atoms with Crippen LogP contribution < -0.4 is 0 Å². The molecule has 5 nitrogen and oxygen atoms in total. The molecule has 0 saturated carbocycles. The van der Waals surface area contributed by atoms with E-state index >= 15 is 0 Å². The van der Waals surface area contributed by atoms with E-state index in [0.29, 0.717) is 0 Å². The van der Waals surface area contributed by atoms with Crippen LogP contribution in [0.5, 0.6) is 0 Å². The fraction of sp³-hybridized carbons (Fsp3) is 0.600. The molecule has 2 rings (SSSR count). The van der Waals surface area contributed by atoms with E-state index in [-0.39, 0.29) is 5.16 Å². The Labute approximate surface area is 95.4 Å². The number of nitrogens with zero attached hydrogens (tertiary/aromatic N) is 3. The SMILES string of the molecule is CCN1CCc2nc(S(C)(=O)=O)ncc2C1. The molecule has 2 heterocycles. The first kappa shape index (κ1) is 11.5. The Bertz CT molecular complexity index is 499. The molecule has 1 aliphatic rings. The van der Waals surface area contributed by atoms with Crippen molar-refractivity contribution in [2.45, 2.75) is 25.0 Å². The third-order valence-electron chi connectivity index (χ3n) is 2.77. The lowest BCUT2D eigenvalue weighted by Gasteiger charge is -2.26. The van der Waals surface area contributed by atoms with Gasteiger partial charge in [0.05, 0.1) is 5.69 Å². The Morgan fingerprint density at radius 3 is 2.88 bits per heavy atom. The second-order valence-electron chi connectivity index (χ2n) is 4.02. The van der Waals surface area contributed by atoms with Crippen molar-refractivity contribution in [1.29, 1.82) is 0 Å². The van der Waals surface area contributed by atoms with Gasteiger partial charge in [0.25, 0.3) is 0 Å². The van der Waals surface area contributed by atoms with Gasteiger partial charge in [0.1, 0.15) is 0 Å². The van der Waals surface area contributed by atoms with Gasteiger partial charge in [0, 0.05) is 37.5 Å². The van der Waals surface area contributed by atoms with Crippen LogP contribution in [-0.2, 0) is 22.8 Å². The third-order valence-corrected chi connectivity index (χ3v) is 3.63. The van der Waals surface area contributed by atoms with E-state index in [2.05, 4.69) is 21.8 Å². The van der Waals surface area contributed by atoms with Gasteiger partial charge in [-0.05, 0) is 6.54 Å². The summed E-state index contributed by atoms with van der Waals surface area (Å²) < 4.78 is 22.6. The predicted octanol–water partition coefficient (Wildman–Crippen LogP) is 0.258. The number of likely N-dealkylation sites (N-methyl/N-ethyl adjacent to an activating group) is 1. The molecule has 0 bridgehead atoms. The van der Waals surface area contributed by atoms with Crippen LogP contribution in [0.4, 0.5) is 0 Å². The highest BCUT2D eigenvalue weighted by molar-refractivity contribution is 7.90. The van der Waals surface area contributed by atoms with Gasteiger partial charge < -0.3 is 0 Å². The summed E-state index contributed by atoms with van der Waals surface area (Å²) in [5, 5.41) is -0.0591. The lowest BCUT2D eigenvalue weighted by atomic mass is 10.1. The zero-order valence-electron chi connectivity index (χ0n) is 9.47. The van der Waals surface area contributed by atoms with E-state index < -0.39 is 9.84 Å². The molecule has 0 fully saturated rings. The lowest BCUT2D eigenvalue weighted by Crippen LogP contribution is -2.31. The van der Waals surface area contributed by atoms with Crippen LogP contribution in [0.15, 0.2) is 11.4 Å². The Morgan fingerprint density at radius 1 is 1.50 bits per heavy atom. The van der Waals surface area contributed by atoms with Gasteiger partial charge in [-0.2, -0.15) is 0 Å². The second-order valence-corrected chi connectivity index (χ2v) is 5.92. The summed E-state index contributed by atoms with van der Waals surface area (Å²) in [6.07, 6.45) is 3.57. The zero-order chi connectivity index (χ0) is 11.8. The molecule has 0 aromatic carbocycles. The molecule has 88 valence electrons. The highest BCUT2D eigenvalue weighted by atomic mass is 32.2. The van der Waals surface area contributed by atoms with E-state index in [0.717, 1.165) is 43.6 Å². The zero-order valence-corrected chi connectivity index (χ0v) is 10.3. The molecule has 0 atom stereocenters. The summed E-state index contributed by atoms with van der Waals surface area (Å²) in [5.74, 6) is 0. The summed E-state index contributed by atoms with van der Waals surface area (Å²) in [4.78, 5) is 10.3. The Hall–Kier alpha value is -1.01. The molecular weight excluding hydrogens is 226 g/mol. The number of hydrogen-bond donors (Lipinski definition) is 0. The van der Waals surface area contributed by atoms with E-state index in [1.165, 1.54) is 0 Å². The highest BCUT2D eigenvalue weighted by Gasteiger charge is 2.19. The molecule has 0 radical (unpaired) electrons. The van der Waals surface area contributed by atoms with Crippen molar-refractivity contribution in [2.24, 2.45) is 0 Å². The summed E-state index contributed by atoms with van der Waals surface area (Å²) >= 11 is 0. The minimum absolute atomic E-state index is 0.0591. The molecule has 0 amide bonds. The topological polar surface area (TPSA) is 63.2 Å². The van der Waals surface area contributed by atoms with Gasteiger partial charge in [-0.15, -0.1) is 0 Å². The van der Waals surface area contributed by atoms with Crippen molar-refractivity contribution in [2.75, 3.05) is 19.3 Å². The number of aromatic nitrogens is 2. The summed E-state index contributed by atoms with van der Waals surface area (Å²) in [6.45, 7) is 4.85. The van der Waals surface area contributed by atoms with Crippen molar-refractivity contribution < 1.29 is 8.42 Å². The molecular formula is C10H15N3O2S. The van der Waals surface area contributed by atoms with Crippen LogP contribution in [-0.4, -0.2) is 42.6 Å². The molecule has 6 heteroatoms. The minimum Gasteiger partial charge on any atom is -0.299 e. The second kappa shape index (κ2) is 4.10. The van der Waals surface area contributed by atoms with Crippen molar-refractivity contribution in [3.8, 4) is 0 Å². The quantitative estimate of drug-likeness (QED) is 0.695. The van der Waals surface area contributed by atoms with Crippen LogP contribution in [0.2, 0.25) is 0 Å². The lowest BCUT2D eigenvalue weighted by molar-refractivity contribution is 0.264. The Balaban J connectivity index is 2.35. The van der Waals surface area contributed by atoms with Crippen molar-refractivity contribution in [3.05, 3.63) is 17.5 Å². The van der Waals surface area contributed by atoms with Crippen LogP contribution in [0.3, 0.4) is 0 Å². The van der Waals surface area contributed by atoms with E-state index in [9.17, 15) is 8.42 Å². The first-order valence-electron chi connectivity index (χ1n) is 5.28. The molecule has 1 aromatic heterocycles. The van der Waals surface area contributed by atoms with Gasteiger partial charge in [-0.1, -0.05) is 6.92 Å². The molecule has 0 spiro atoms. The van der Waals surface area contributed by atoms with Gasteiger partial charge in [0.15, 0.2) is 0 Å². The molecule has 16 heavy (non-hydrogen) atoms. The van der Waals surface area contributed by atoms with Crippen molar-refractivity contribution in [1.82, 2.24) is 14.9 Å². The van der Waals surface area contributed by atoms with Crippen LogP contribution in [0.1, 0.15) is 18.2 Å². The van der Waals surface area contributed by atoms with Crippen molar-refractivity contribution >= 4 is 9.84 Å². The maximum Gasteiger partial charge on any atom is 0.246 e. The summed E-state index contributed by atoms with van der Waals surface area (Å²) in [7, 11) is -3.29. The van der Waals surface area contributed by atoms with Gasteiger partial charge >= 0.3 is 0 Å². The smallest absolute Gasteiger partial charge is 0.246 e. The molecule has 0 aliphatic carbocycles. The fourth-order valence-corrected chi connectivity index (χ4v) is 2.33. The van der Waals surface area contributed by atoms with E-state index in [1.54, 1.807) is 6.20 Å². The standard InChI is InChI=1S/C10H15N3O2S/c1-3-13-5-4-9-8(7-13)6-11-10(12-9)16(2,14)15/h6H,3-5,7H2,1-2H3. The molecule has 0 saturated heterocycles. The van der Waals surface area contributed by atoms with Crippen LogP contribution >= 0.6 is 0 Å². The van der Waals surface area contributed by atoms with Crippen LogP contribution in [0.25, 0.3) is 0 Å². The Kier molecular flexibility index (Phi) is 2.94. The maximum absolute atomic E-state index is 11.3. The molecule has 1 aliphatic heterocycles. The average molecular weight is 241 g/mol. The van der Waals surface area contributed by atoms with Crippen molar-refractivity contribution in [3.63, 3.8) is 0 Å². The van der Waals surface area contributed by atoms with Gasteiger partial charge in [-0.3, -0.25) is 4.90 Å². The minimum atomic E-state index is -3.29. The highest BCUT2D eigenvalue weighted by Crippen LogP contribution is 2.17. The summed E-state index contributed by atoms with van der Waals surface area (Å²) in [5.41, 5.74) is 1.92. The largest absolute Gasteiger partial charge is 0.299 e. The molecule has 0 N–H and O–H groups in total. The first-order valence-corrected chi connectivity index (χ1v) is 7.17. The number of hydrogen-bond acceptors (Lipinski definition) is 5. The normalized spacial score (nSPS) is 17.1. The Morgan fingerprint density at radius 2 is 2.25 bits per heavy atom. The summed E-state index contributed by atoms with van der Waals surface area (Å²) in [6, 6.07) is 0. The number of fused-ring (bicyclic) bond motifs is 1. The fourth-order valence-electron chi connectivity index (χ4n) is 1.80. The average Bonchev–Trinajstić information content (AvgIpc) is 2.26. The van der Waals surface area contributed by atoms with Gasteiger partial charge in [0.2, 0.25) is 15.0 Å². The molecule has 1 aromatic rings. The van der Waals surface area contributed by atoms with E-state index in [4.69, 9.17) is 0 Å². The number of rotatable bonds is 2. The third kappa shape index (κ3) is 2.22. The van der Waals surface area contributed by atoms with E-state index in [1.807, 2.05) is 0 Å².